The van der Waals surface area contributed by atoms with Crippen LogP contribution in [0.5, 0.6) is 5.75 Å². The first-order valence-electron chi connectivity index (χ1n) is 8.64. The molecule has 1 N–H and O–H groups in total. The molecule has 27 heavy (non-hydrogen) atoms. The predicted octanol–water partition coefficient (Wildman–Crippen LogP) is 4.28. The van der Waals surface area contributed by atoms with Gasteiger partial charge in [-0.3, -0.25) is 4.79 Å². The van der Waals surface area contributed by atoms with E-state index in [0.29, 0.717) is 23.9 Å². The number of rotatable bonds is 7. The van der Waals surface area contributed by atoms with Crippen molar-refractivity contribution in [2.45, 2.75) is 32.9 Å². The van der Waals surface area contributed by atoms with Crippen LogP contribution in [0.2, 0.25) is 0 Å². The molecular weight excluding hydrogens is 410 g/mol. The minimum Gasteiger partial charge on any atom is -0.481 e. The maximum atomic E-state index is 12.4. The number of aryl methyl sites for hydroxylation is 1. The van der Waals surface area contributed by atoms with E-state index in [0.717, 1.165) is 15.6 Å². The highest BCUT2D eigenvalue weighted by Crippen LogP contribution is 2.20. The molecule has 3 rings (SSSR count). The average molecular weight is 430 g/mol. The van der Waals surface area contributed by atoms with E-state index in [1.807, 2.05) is 62.4 Å². The lowest BCUT2D eigenvalue weighted by atomic mass is 10.2. The number of nitrogens with zero attached hydrogens (tertiary/aromatic N) is 2. The first-order valence-corrected chi connectivity index (χ1v) is 9.44. The van der Waals surface area contributed by atoms with Gasteiger partial charge in [-0.15, -0.1) is 0 Å². The lowest BCUT2D eigenvalue weighted by Gasteiger charge is -2.16. The number of halogens is 1. The summed E-state index contributed by atoms with van der Waals surface area (Å²) in [6.45, 7) is 4.05. The largest absolute Gasteiger partial charge is 0.481 e. The number of amides is 1. The number of carbonyl (C=O) groups is 1. The van der Waals surface area contributed by atoms with E-state index in [1.165, 1.54) is 0 Å². The van der Waals surface area contributed by atoms with Gasteiger partial charge in [-0.25, -0.2) is 0 Å². The average Bonchev–Trinajstić information content (AvgIpc) is 3.15. The van der Waals surface area contributed by atoms with Crippen LogP contribution in [0.15, 0.2) is 57.5 Å². The quantitative estimate of drug-likeness (QED) is 0.606. The van der Waals surface area contributed by atoms with Gasteiger partial charge in [0.25, 0.3) is 5.91 Å². The van der Waals surface area contributed by atoms with Gasteiger partial charge in [0.1, 0.15) is 5.75 Å². The molecule has 0 aliphatic heterocycles. The van der Waals surface area contributed by atoms with Crippen LogP contribution >= 0.6 is 15.9 Å². The molecule has 0 aliphatic carbocycles. The van der Waals surface area contributed by atoms with Gasteiger partial charge in [-0.2, -0.15) is 4.98 Å². The molecule has 140 valence electrons. The Morgan fingerprint density at radius 3 is 2.74 bits per heavy atom. The molecule has 2 aromatic carbocycles. The number of hydrogen-bond acceptors (Lipinski definition) is 5. The molecule has 0 saturated heterocycles. The van der Waals surface area contributed by atoms with Gasteiger partial charge in [-0.1, -0.05) is 57.8 Å². The van der Waals surface area contributed by atoms with Gasteiger partial charge in [-0.05, 0) is 37.6 Å². The Hall–Kier alpha value is -2.67. The van der Waals surface area contributed by atoms with Crippen LogP contribution in [0, 0.1) is 6.92 Å². The van der Waals surface area contributed by atoms with Crippen molar-refractivity contribution >= 4 is 21.8 Å². The second kappa shape index (κ2) is 8.81. The van der Waals surface area contributed by atoms with Crippen LogP contribution in [0.3, 0.4) is 0 Å². The van der Waals surface area contributed by atoms with Gasteiger partial charge >= 0.3 is 0 Å². The normalized spacial score (nSPS) is 11.8. The van der Waals surface area contributed by atoms with Crippen LogP contribution < -0.4 is 10.1 Å². The zero-order chi connectivity index (χ0) is 19.2. The summed E-state index contributed by atoms with van der Waals surface area (Å²) in [6, 6.07) is 15.2. The Bertz CT molecular complexity index is 909. The Labute approximate surface area is 166 Å². The third-order valence-corrected chi connectivity index (χ3v) is 4.42. The smallest absolute Gasteiger partial charge is 0.261 e. The number of hydrogen-bond donors (Lipinski definition) is 1. The lowest BCUT2D eigenvalue weighted by Crippen LogP contribution is -2.37. The first kappa shape index (κ1) is 19.1. The van der Waals surface area contributed by atoms with Crippen LogP contribution in [-0.4, -0.2) is 22.2 Å². The summed E-state index contributed by atoms with van der Waals surface area (Å²) >= 11 is 3.41. The number of carbonyl (C=O) groups excluding carboxylic acids is 1. The minimum absolute atomic E-state index is 0.146. The van der Waals surface area contributed by atoms with Crippen molar-refractivity contribution in [2.24, 2.45) is 0 Å². The monoisotopic (exact) mass is 429 g/mol. The van der Waals surface area contributed by atoms with Crippen molar-refractivity contribution in [3.05, 3.63) is 64.5 Å². The molecule has 1 aromatic heterocycles. The zero-order valence-corrected chi connectivity index (χ0v) is 16.7. The predicted molar refractivity (Wildman–Crippen MR) is 105 cm³/mol. The van der Waals surface area contributed by atoms with E-state index in [4.69, 9.17) is 9.26 Å². The highest BCUT2D eigenvalue weighted by molar-refractivity contribution is 9.10. The molecule has 0 bridgehead atoms. The molecule has 0 fully saturated rings. The molecule has 0 radical (unpaired) electrons. The maximum Gasteiger partial charge on any atom is 0.261 e. The van der Waals surface area contributed by atoms with Gasteiger partial charge in [0.05, 0.1) is 6.54 Å². The second-order valence-corrected chi connectivity index (χ2v) is 6.98. The number of nitrogens with one attached hydrogen (secondary N) is 1. The molecule has 6 nitrogen and oxygen atoms in total. The van der Waals surface area contributed by atoms with E-state index < -0.39 is 6.10 Å². The molecule has 1 heterocycles. The Kier molecular flexibility index (Phi) is 6.24. The molecule has 1 atom stereocenters. The summed E-state index contributed by atoms with van der Waals surface area (Å²) < 4.78 is 11.9. The Balaban J connectivity index is 1.58. The summed E-state index contributed by atoms with van der Waals surface area (Å²) in [4.78, 5) is 16.7. The minimum atomic E-state index is -0.583. The van der Waals surface area contributed by atoms with Gasteiger partial charge in [0.15, 0.2) is 6.10 Å². The summed E-state index contributed by atoms with van der Waals surface area (Å²) in [5.74, 6) is 1.25. The highest BCUT2D eigenvalue weighted by atomic mass is 79.9. The summed E-state index contributed by atoms with van der Waals surface area (Å²) in [6.07, 6.45) is -0.0347. The molecule has 0 aliphatic rings. The number of benzene rings is 2. The summed E-state index contributed by atoms with van der Waals surface area (Å²) in [5.41, 5.74) is 1.97. The van der Waals surface area contributed by atoms with E-state index in [1.54, 1.807) is 0 Å². The van der Waals surface area contributed by atoms with E-state index in [9.17, 15) is 4.79 Å². The molecule has 1 amide bonds. The first-order chi connectivity index (χ1) is 13.0. The molecule has 3 aromatic rings. The fourth-order valence-electron chi connectivity index (χ4n) is 2.45. The lowest BCUT2D eigenvalue weighted by molar-refractivity contribution is -0.128. The Morgan fingerprint density at radius 2 is 2.04 bits per heavy atom. The molecule has 0 saturated carbocycles. The van der Waals surface area contributed by atoms with Crippen LogP contribution in [0.1, 0.15) is 24.8 Å². The van der Waals surface area contributed by atoms with E-state index in [-0.39, 0.29) is 12.5 Å². The van der Waals surface area contributed by atoms with Crippen molar-refractivity contribution in [1.82, 2.24) is 15.5 Å². The Morgan fingerprint density at radius 1 is 1.26 bits per heavy atom. The third kappa shape index (κ3) is 5.17. The van der Waals surface area contributed by atoms with Crippen molar-refractivity contribution in [1.29, 1.82) is 0 Å². The molecule has 0 unspecified atom stereocenters. The van der Waals surface area contributed by atoms with Crippen LogP contribution in [0.4, 0.5) is 0 Å². The van der Waals surface area contributed by atoms with Crippen LogP contribution in [0.25, 0.3) is 11.4 Å². The number of aromatic nitrogens is 2. The maximum absolute atomic E-state index is 12.4. The third-order valence-electron chi connectivity index (χ3n) is 3.93. The SMILES string of the molecule is CC[C@H](Oc1ccc(C)cc1)C(=O)NCc1nc(-c2cccc(Br)c2)no1. The van der Waals surface area contributed by atoms with Crippen LogP contribution in [-0.2, 0) is 11.3 Å². The molecule has 7 heteroatoms. The van der Waals surface area contributed by atoms with Crippen molar-refractivity contribution in [3.8, 4) is 17.1 Å². The number of ether oxygens (including phenoxy) is 1. The summed E-state index contributed by atoms with van der Waals surface area (Å²) in [7, 11) is 0. The standard InChI is InChI=1S/C20H20BrN3O3/c1-3-17(26-16-9-7-13(2)8-10-16)20(25)22-12-18-23-19(24-27-18)14-5-4-6-15(21)11-14/h4-11,17H,3,12H2,1-2H3,(H,22,25)/t17-/m0/s1. The van der Waals surface area contributed by atoms with Gasteiger partial charge in [0, 0.05) is 10.0 Å². The zero-order valence-electron chi connectivity index (χ0n) is 15.1. The van der Waals surface area contributed by atoms with Crippen molar-refractivity contribution in [2.75, 3.05) is 0 Å². The van der Waals surface area contributed by atoms with E-state index >= 15 is 0 Å². The van der Waals surface area contributed by atoms with E-state index in [2.05, 4.69) is 31.4 Å². The molecular formula is C20H20BrN3O3. The highest BCUT2D eigenvalue weighted by Gasteiger charge is 2.19. The fraction of sp³-hybridized carbons (Fsp3) is 0.250. The van der Waals surface area contributed by atoms with Crippen molar-refractivity contribution in [3.63, 3.8) is 0 Å². The van der Waals surface area contributed by atoms with Gasteiger partial charge in [0.2, 0.25) is 11.7 Å². The molecule has 0 spiro atoms. The summed E-state index contributed by atoms with van der Waals surface area (Å²) in [5, 5.41) is 6.75. The van der Waals surface area contributed by atoms with Crippen molar-refractivity contribution < 1.29 is 14.1 Å². The topological polar surface area (TPSA) is 77.2 Å². The fourth-order valence-corrected chi connectivity index (χ4v) is 2.85. The second-order valence-electron chi connectivity index (χ2n) is 6.07. The van der Waals surface area contributed by atoms with Gasteiger partial charge < -0.3 is 14.6 Å².